The third-order valence-electron chi connectivity index (χ3n) is 2.48. The quantitative estimate of drug-likeness (QED) is 0.771. The highest BCUT2D eigenvalue weighted by Gasteiger charge is 2.15. The molecule has 1 aliphatic heterocycles. The Kier molecular flexibility index (Phi) is 3.49. The van der Waals surface area contributed by atoms with Gasteiger partial charge in [-0.2, -0.15) is 8.42 Å². The van der Waals surface area contributed by atoms with E-state index in [1.54, 1.807) is 18.2 Å². The van der Waals surface area contributed by atoms with Crippen molar-refractivity contribution in [3.63, 3.8) is 0 Å². The van der Waals surface area contributed by atoms with Gasteiger partial charge in [0, 0.05) is 6.42 Å². The van der Waals surface area contributed by atoms with Gasteiger partial charge >= 0.3 is 0 Å². The number of aryl methyl sites for hydroxylation is 1. The molecule has 1 fully saturated rings. The Morgan fingerprint density at radius 3 is 2.53 bits per heavy atom. The predicted molar refractivity (Wildman–Crippen MR) is 63.0 cm³/mol. The third-order valence-corrected chi connectivity index (χ3v) is 3.78. The van der Waals surface area contributed by atoms with Crippen LogP contribution in [-0.4, -0.2) is 21.6 Å². The van der Waals surface area contributed by atoms with Crippen LogP contribution in [0.5, 0.6) is 0 Å². The fourth-order valence-electron chi connectivity index (χ4n) is 1.37. The summed E-state index contributed by atoms with van der Waals surface area (Å²) in [6.45, 7) is 2.62. The molecular formula is C12H14O4S. The SMILES string of the molecule is Cc1ccc(S(=O)(=O)OC/C=C2\CCO2)cc1. The maximum Gasteiger partial charge on any atom is 0.297 e. The van der Waals surface area contributed by atoms with Gasteiger partial charge in [-0.05, 0) is 25.1 Å². The summed E-state index contributed by atoms with van der Waals surface area (Å²) in [5.74, 6) is 0.795. The zero-order valence-electron chi connectivity index (χ0n) is 9.55. The lowest BCUT2D eigenvalue weighted by molar-refractivity contribution is 0.115. The molecule has 92 valence electrons. The molecule has 1 aromatic rings. The van der Waals surface area contributed by atoms with Gasteiger partial charge in [-0.25, -0.2) is 0 Å². The normalized spacial score (nSPS) is 17.6. The molecule has 0 spiro atoms. The molecule has 0 amide bonds. The Morgan fingerprint density at radius 2 is 2.00 bits per heavy atom. The van der Waals surface area contributed by atoms with Crippen molar-refractivity contribution in [1.82, 2.24) is 0 Å². The van der Waals surface area contributed by atoms with Crippen molar-refractivity contribution in [2.75, 3.05) is 13.2 Å². The van der Waals surface area contributed by atoms with Crippen molar-refractivity contribution in [2.45, 2.75) is 18.2 Å². The zero-order chi connectivity index (χ0) is 12.3. The van der Waals surface area contributed by atoms with Crippen molar-refractivity contribution in [3.8, 4) is 0 Å². The predicted octanol–water partition coefficient (Wildman–Crippen LogP) is 2.00. The van der Waals surface area contributed by atoms with Gasteiger partial charge in [-0.15, -0.1) is 0 Å². The monoisotopic (exact) mass is 254 g/mol. The Morgan fingerprint density at radius 1 is 1.35 bits per heavy atom. The topological polar surface area (TPSA) is 52.6 Å². The summed E-state index contributed by atoms with van der Waals surface area (Å²) in [7, 11) is -3.66. The van der Waals surface area contributed by atoms with Gasteiger partial charge in [0.05, 0.1) is 23.9 Å². The van der Waals surface area contributed by atoms with Gasteiger partial charge in [0.2, 0.25) is 0 Å². The van der Waals surface area contributed by atoms with Crippen molar-refractivity contribution in [2.24, 2.45) is 0 Å². The van der Waals surface area contributed by atoms with E-state index in [0.29, 0.717) is 6.61 Å². The van der Waals surface area contributed by atoms with E-state index in [4.69, 9.17) is 8.92 Å². The van der Waals surface area contributed by atoms with Crippen molar-refractivity contribution >= 4 is 10.1 Å². The van der Waals surface area contributed by atoms with Gasteiger partial charge in [-0.3, -0.25) is 4.18 Å². The molecule has 5 heteroatoms. The van der Waals surface area contributed by atoms with Crippen LogP contribution in [0.2, 0.25) is 0 Å². The van der Waals surface area contributed by atoms with Gasteiger partial charge in [0.15, 0.2) is 0 Å². The molecule has 0 radical (unpaired) electrons. The molecule has 17 heavy (non-hydrogen) atoms. The highest BCUT2D eigenvalue weighted by molar-refractivity contribution is 7.86. The first kappa shape index (κ1) is 12.1. The molecule has 1 aliphatic rings. The maximum absolute atomic E-state index is 11.7. The summed E-state index contributed by atoms with van der Waals surface area (Å²) in [6, 6.07) is 6.56. The largest absolute Gasteiger partial charge is 0.498 e. The number of benzene rings is 1. The molecule has 4 nitrogen and oxygen atoms in total. The van der Waals surface area contributed by atoms with Crippen LogP contribution < -0.4 is 0 Å². The van der Waals surface area contributed by atoms with E-state index in [0.717, 1.165) is 17.7 Å². The van der Waals surface area contributed by atoms with E-state index >= 15 is 0 Å². The Hall–Kier alpha value is -1.33. The fourth-order valence-corrected chi connectivity index (χ4v) is 2.22. The highest BCUT2D eigenvalue weighted by atomic mass is 32.2. The van der Waals surface area contributed by atoms with E-state index in [1.165, 1.54) is 12.1 Å². The summed E-state index contributed by atoms with van der Waals surface area (Å²) in [5.41, 5.74) is 1.01. The van der Waals surface area contributed by atoms with E-state index in [2.05, 4.69) is 0 Å². The summed E-state index contributed by atoms with van der Waals surface area (Å²) in [6.07, 6.45) is 2.50. The van der Waals surface area contributed by atoms with Gasteiger partial charge in [-0.1, -0.05) is 17.7 Å². The Labute approximate surface area is 101 Å². The molecule has 0 atom stereocenters. The van der Waals surface area contributed by atoms with Crippen LogP contribution in [0.15, 0.2) is 41.0 Å². The molecule has 0 N–H and O–H groups in total. The molecule has 0 bridgehead atoms. The number of hydrogen-bond acceptors (Lipinski definition) is 4. The lowest BCUT2D eigenvalue weighted by Crippen LogP contribution is -2.11. The number of rotatable bonds is 4. The van der Waals surface area contributed by atoms with Crippen LogP contribution in [0.3, 0.4) is 0 Å². The Balaban J connectivity index is 2.00. The van der Waals surface area contributed by atoms with E-state index < -0.39 is 10.1 Å². The van der Waals surface area contributed by atoms with Crippen LogP contribution in [-0.2, 0) is 19.0 Å². The van der Waals surface area contributed by atoms with Crippen LogP contribution in [0.4, 0.5) is 0 Å². The van der Waals surface area contributed by atoms with Crippen molar-refractivity contribution in [3.05, 3.63) is 41.7 Å². The average molecular weight is 254 g/mol. The number of hydrogen-bond donors (Lipinski definition) is 0. The van der Waals surface area contributed by atoms with Gasteiger partial charge in [0.1, 0.15) is 0 Å². The molecule has 1 saturated heterocycles. The maximum atomic E-state index is 11.7. The molecule has 1 heterocycles. The molecular weight excluding hydrogens is 240 g/mol. The smallest absolute Gasteiger partial charge is 0.297 e. The van der Waals surface area contributed by atoms with Crippen LogP contribution >= 0.6 is 0 Å². The third kappa shape index (κ3) is 3.08. The number of ether oxygens (including phenoxy) is 1. The molecule has 0 saturated carbocycles. The average Bonchev–Trinajstić information content (AvgIpc) is 2.22. The first-order valence-corrected chi connectivity index (χ1v) is 6.77. The zero-order valence-corrected chi connectivity index (χ0v) is 10.4. The van der Waals surface area contributed by atoms with E-state index in [-0.39, 0.29) is 11.5 Å². The summed E-state index contributed by atoms with van der Waals surface area (Å²) in [5, 5.41) is 0. The van der Waals surface area contributed by atoms with Crippen LogP contribution in [0.25, 0.3) is 0 Å². The van der Waals surface area contributed by atoms with Gasteiger partial charge in [0.25, 0.3) is 10.1 Å². The van der Waals surface area contributed by atoms with Crippen molar-refractivity contribution < 1.29 is 17.3 Å². The van der Waals surface area contributed by atoms with Crippen LogP contribution in [0, 0.1) is 6.92 Å². The summed E-state index contributed by atoms with van der Waals surface area (Å²) in [4.78, 5) is 0.177. The standard InChI is InChI=1S/C12H14O4S/c1-10-2-4-12(5-3-10)17(13,14)16-9-7-11-6-8-15-11/h2-5,7H,6,8-9H2,1H3/b11-7+. The van der Waals surface area contributed by atoms with Crippen LogP contribution in [0.1, 0.15) is 12.0 Å². The molecule has 0 unspecified atom stereocenters. The summed E-state index contributed by atoms with van der Waals surface area (Å²) < 4.78 is 33.4. The second kappa shape index (κ2) is 4.89. The molecule has 2 rings (SSSR count). The minimum Gasteiger partial charge on any atom is -0.498 e. The molecule has 0 aliphatic carbocycles. The van der Waals surface area contributed by atoms with E-state index in [1.807, 2.05) is 6.92 Å². The lowest BCUT2D eigenvalue weighted by Gasteiger charge is -2.18. The minimum atomic E-state index is -3.66. The molecule has 0 aromatic heterocycles. The molecule has 1 aromatic carbocycles. The Bertz CT molecular complexity index is 508. The fraction of sp³-hybridized carbons (Fsp3) is 0.333. The van der Waals surface area contributed by atoms with E-state index in [9.17, 15) is 8.42 Å². The first-order chi connectivity index (χ1) is 8.08. The summed E-state index contributed by atoms with van der Waals surface area (Å²) >= 11 is 0. The lowest BCUT2D eigenvalue weighted by atomic mass is 10.2. The van der Waals surface area contributed by atoms with Crippen molar-refractivity contribution in [1.29, 1.82) is 0 Å². The highest BCUT2D eigenvalue weighted by Crippen LogP contribution is 2.16. The second-order valence-electron chi connectivity index (χ2n) is 3.82. The first-order valence-electron chi connectivity index (χ1n) is 5.36. The van der Waals surface area contributed by atoms with Gasteiger partial charge < -0.3 is 4.74 Å². The second-order valence-corrected chi connectivity index (χ2v) is 5.44. The minimum absolute atomic E-state index is 0.0194.